The SMILES string of the molecule is CCCn1c(SCC(=O)c2cc(C)n(-c3cc(C)on3)c2C)nc2cc(S(N)(=O)=O)ccc21. The summed E-state index contributed by atoms with van der Waals surface area (Å²) >= 11 is 1.33. The highest BCUT2D eigenvalue weighted by Gasteiger charge is 2.20. The fourth-order valence-electron chi connectivity index (χ4n) is 3.88. The van der Waals surface area contributed by atoms with Gasteiger partial charge in [0.25, 0.3) is 0 Å². The van der Waals surface area contributed by atoms with Crippen LogP contribution in [0.5, 0.6) is 0 Å². The van der Waals surface area contributed by atoms with E-state index in [1.807, 2.05) is 49.0 Å². The molecule has 2 N–H and O–H groups in total. The number of rotatable bonds is 8. The van der Waals surface area contributed by atoms with Crippen LogP contribution in [0.1, 0.15) is 40.9 Å². The summed E-state index contributed by atoms with van der Waals surface area (Å²) in [4.78, 5) is 17.7. The monoisotopic (exact) mass is 487 g/mol. The van der Waals surface area contributed by atoms with Crippen molar-refractivity contribution in [1.29, 1.82) is 0 Å². The van der Waals surface area contributed by atoms with Crippen LogP contribution in [0.2, 0.25) is 0 Å². The van der Waals surface area contributed by atoms with E-state index in [0.717, 1.165) is 23.3 Å². The van der Waals surface area contributed by atoms with Gasteiger partial charge in [-0.05, 0) is 51.5 Å². The average Bonchev–Trinajstić information content (AvgIpc) is 3.41. The number of imidazole rings is 1. The average molecular weight is 488 g/mol. The molecule has 33 heavy (non-hydrogen) atoms. The molecule has 0 aliphatic rings. The molecule has 0 fully saturated rings. The van der Waals surface area contributed by atoms with Crippen molar-refractivity contribution >= 4 is 38.6 Å². The lowest BCUT2D eigenvalue weighted by atomic mass is 10.2. The summed E-state index contributed by atoms with van der Waals surface area (Å²) in [6.45, 7) is 8.37. The van der Waals surface area contributed by atoms with E-state index in [1.54, 1.807) is 6.07 Å². The van der Waals surface area contributed by atoms with Gasteiger partial charge in [0.1, 0.15) is 5.76 Å². The van der Waals surface area contributed by atoms with Gasteiger partial charge in [-0.1, -0.05) is 23.8 Å². The molecule has 0 aliphatic carbocycles. The van der Waals surface area contributed by atoms with Crippen molar-refractivity contribution in [2.75, 3.05) is 5.75 Å². The molecule has 174 valence electrons. The Hall–Kier alpha value is -2.89. The van der Waals surface area contributed by atoms with E-state index < -0.39 is 10.0 Å². The van der Waals surface area contributed by atoms with E-state index >= 15 is 0 Å². The number of fused-ring (bicyclic) bond motifs is 1. The Morgan fingerprint density at radius 2 is 1.94 bits per heavy atom. The van der Waals surface area contributed by atoms with E-state index in [0.29, 0.717) is 34.4 Å². The van der Waals surface area contributed by atoms with Crippen molar-refractivity contribution in [1.82, 2.24) is 19.3 Å². The van der Waals surface area contributed by atoms with Crippen molar-refractivity contribution in [3.8, 4) is 5.82 Å². The summed E-state index contributed by atoms with van der Waals surface area (Å²) in [7, 11) is -3.82. The first-order valence-corrected chi connectivity index (χ1v) is 12.9. The summed E-state index contributed by atoms with van der Waals surface area (Å²) in [5.74, 6) is 1.50. The number of thioether (sulfide) groups is 1. The minimum Gasteiger partial charge on any atom is -0.360 e. The van der Waals surface area contributed by atoms with Gasteiger partial charge in [0.15, 0.2) is 16.8 Å². The molecule has 0 unspecified atom stereocenters. The fraction of sp³-hybridized carbons (Fsp3) is 0.318. The van der Waals surface area contributed by atoms with Crippen molar-refractivity contribution in [2.45, 2.75) is 50.7 Å². The standard InChI is InChI=1S/C22H25N5O4S2/c1-5-8-26-19-7-6-16(33(23,29)30)11-18(19)24-22(26)32-12-20(28)17-9-13(2)27(15(17)4)21-10-14(3)31-25-21/h6-7,9-11H,5,8,12H2,1-4H3,(H2,23,29,30). The van der Waals surface area contributed by atoms with E-state index in [-0.39, 0.29) is 16.4 Å². The maximum atomic E-state index is 13.1. The highest BCUT2D eigenvalue weighted by Crippen LogP contribution is 2.28. The Kier molecular flexibility index (Phi) is 6.21. The zero-order valence-corrected chi connectivity index (χ0v) is 20.5. The molecule has 1 aromatic carbocycles. The number of nitrogens with zero attached hydrogens (tertiary/aromatic N) is 4. The molecule has 0 saturated heterocycles. The van der Waals surface area contributed by atoms with Gasteiger partial charge in [-0.15, -0.1) is 0 Å². The molecule has 0 saturated carbocycles. The van der Waals surface area contributed by atoms with Crippen molar-refractivity contribution in [3.05, 3.63) is 53.0 Å². The first-order valence-electron chi connectivity index (χ1n) is 10.4. The highest BCUT2D eigenvalue weighted by atomic mass is 32.2. The topological polar surface area (TPSA) is 126 Å². The predicted molar refractivity (Wildman–Crippen MR) is 126 cm³/mol. The number of ketones is 1. The third kappa shape index (κ3) is 4.48. The van der Waals surface area contributed by atoms with Crippen LogP contribution < -0.4 is 5.14 Å². The van der Waals surface area contributed by atoms with Crippen molar-refractivity contribution in [2.24, 2.45) is 5.14 Å². The second-order valence-corrected chi connectivity index (χ2v) is 10.4. The van der Waals surface area contributed by atoms with E-state index in [4.69, 9.17) is 9.66 Å². The van der Waals surface area contributed by atoms with E-state index in [2.05, 4.69) is 10.1 Å². The molecule has 0 atom stereocenters. The molecular weight excluding hydrogens is 462 g/mol. The molecular formula is C22H25N5O4S2. The fourth-order valence-corrected chi connectivity index (χ4v) is 5.34. The van der Waals surface area contributed by atoms with Gasteiger partial charge in [0, 0.05) is 29.6 Å². The Bertz CT molecular complexity index is 1460. The van der Waals surface area contributed by atoms with Gasteiger partial charge in [0.05, 0.1) is 21.7 Å². The summed E-state index contributed by atoms with van der Waals surface area (Å²) in [6.07, 6.45) is 0.863. The van der Waals surface area contributed by atoms with E-state index in [9.17, 15) is 13.2 Å². The molecule has 0 radical (unpaired) electrons. The Morgan fingerprint density at radius 1 is 1.18 bits per heavy atom. The lowest BCUT2D eigenvalue weighted by Crippen LogP contribution is -2.11. The van der Waals surface area contributed by atoms with Gasteiger partial charge >= 0.3 is 0 Å². The number of hydrogen-bond acceptors (Lipinski definition) is 7. The van der Waals surface area contributed by atoms with Gasteiger partial charge in [0.2, 0.25) is 10.0 Å². The Morgan fingerprint density at radius 3 is 2.58 bits per heavy atom. The number of Topliss-reactive ketones (excluding diaryl/α,β-unsaturated/α-hetero) is 1. The molecule has 11 heteroatoms. The highest BCUT2D eigenvalue weighted by molar-refractivity contribution is 7.99. The minimum absolute atomic E-state index is 0.0132. The Balaban J connectivity index is 1.62. The van der Waals surface area contributed by atoms with Crippen LogP contribution in [0.3, 0.4) is 0 Å². The molecule has 0 aliphatic heterocycles. The Labute approximate surface area is 196 Å². The molecule has 4 aromatic rings. The lowest BCUT2D eigenvalue weighted by Gasteiger charge is -2.08. The van der Waals surface area contributed by atoms with Crippen LogP contribution >= 0.6 is 11.8 Å². The number of aryl methyl sites for hydroxylation is 3. The van der Waals surface area contributed by atoms with Crippen LogP contribution in [0, 0.1) is 20.8 Å². The molecule has 9 nitrogen and oxygen atoms in total. The third-order valence-corrected chi connectivity index (χ3v) is 7.26. The minimum atomic E-state index is -3.82. The van der Waals surface area contributed by atoms with Gasteiger partial charge in [-0.25, -0.2) is 18.5 Å². The summed E-state index contributed by atoms with van der Waals surface area (Å²) in [5, 5.41) is 9.98. The van der Waals surface area contributed by atoms with Crippen LogP contribution in [0.25, 0.3) is 16.9 Å². The van der Waals surface area contributed by atoms with Crippen LogP contribution in [-0.4, -0.2) is 39.2 Å². The molecule has 4 rings (SSSR count). The van der Waals surface area contributed by atoms with Crippen LogP contribution in [0.15, 0.2) is 44.9 Å². The molecule has 0 spiro atoms. The molecule has 3 heterocycles. The van der Waals surface area contributed by atoms with Gasteiger partial charge in [-0.2, -0.15) is 0 Å². The molecule has 3 aromatic heterocycles. The van der Waals surface area contributed by atoms with Crippen LogP contribution in [-0.2, 0) is 16.6 Å². The van der Waals surface area contributed by atoms with Crippen molar-refractivity contribution in [3.63, 3.8) is 0 Å². The smallest absolute Gasteiger partial charge is 0.238 e. The number of benzene rings is 1. The third-order valence-electron chi connectivity index (χ3n) is 5.37. The van der Waals surface area contributed by atoms with E-state index in [1.165, 1.54) is 23.9 Å². The number of primary sulfonamides is 1. The molecule has 0 amide bonds. The number of hydrogen-bond donors (Lipinski definition) is 1. The lowest BCUT2D eigenvalue weighted by molar-refractivity contribution is 0.102. The second-order valence-electron chi connectivity index (χ2n) is 7.87. The maximum absolute atomic E-state index is 13.1. The number of nitrogens with two attached hydrogens (primary N) is 1. The largest absolute Gasteiger partial charge is 0.360 e. The van der Waals surface area contributed by atoms with Gasteiger partial charge < -0.3 is 9.09 Å². The number of carbonyl (C=O) groups excluding carboxylic acids is 1. The zero-order valence-electron chi connectivity index (χ0n) is 18.8. The van der Waals surface area contributed by atoms with Crippen LogP contribution in [0.4, 0.5) is 0 Å². The number of aromatic nitrogens is 4. The number of sulfonamides is 1. The normalized spacial score (nSPS) is 12.0. The first-order chi connectivity index (χ1) is 15.6. The van der Waals surface area contributed by atoms with Gasteiger partial charge in [-0.3, -0.25) is 9.36 Å². The quantitative estimate of drug-likeness (QED) is 0.296. The maximum Gasteiger partial charge on any atom is 0.238 e. The van der Waals surface area contributed by atoms with Crippen molar-refractivity contribution < 1.29 is 17.7 Å². The summed E-state index contributed by atoms with van der Waals surface area (Å²) in [5.41, 5.74) is 3.65. The first kappa shape index (κ1) is 23.3. The predicted octanol–water partition coefficient (Wildman–Crippen LogP) is 3.77. The second kappa shape index (κ2) is 8.81. The molecule has 0 bridgehead atoms. The number of carbonyl (C=O) groups is 1. The zero-order chi connectivity index (χ0) is 23.9. The summed E-state index contributed by atoms with van der Waals surface area (Å²) < 4.78 is 32.5. The summed E-state index contributed by atoms with van der Waals surface area (Å²) in [6, 6.07) is 8.33.